The van der Waals surface area contributed by atoms with Crippen molar-refractivity contribution < 1.29 is 19.8 Å². The van der Waals surface area contributed by atoms with Crippen molar-refractivity contribution in [1.29, 1.82) is 0 Å². The Morgan fingerprint density at radius 2 is 1.75 bits per heavy atom. The number of aromatic nitrogens is 1. The van der Waals surface area contributed by atoms with Crippen molar-refractivity contribution in [3.05, 3.63) is 33.3 Å². The first-order chi connectivity index (χ1) is 16.6. The molecule has 0 fully saturated rings. The van der Waals surface area contributed by atoms with Gasteiger partial charge >= 0.3 is 5.97 Å². The Morgan fingerprint density at radius 1 is 1.14 bits per heavy atom. The number of Topliss-reactive ketones (excluding diaryl/α,β-unsaturated/α-hetero) is 1. The number of hydrogen-bond donors (Lipinski definition) is 2. The van der Waals surface area contributed by atoms with E-state index in [4.69, 9.17) is 5.11 Å². The maximum atomic E-state index is 13.2. The van der Waals surface area contributed by atoms with Crippen LogP contribution in [0.3, 0.4) is 0 Å². The van der Waals surface area contributed by atoms with Crippen molar-refractivity contribution in [2.24, 2.45) is 35.0 Å². The maximum Gasteiger partial charge on any atom is 0.303 e. The van der Waals surface area contributed by atoms with E-state index < -0.39 is 17.5 Å². The second-order valence-electron chi connectivity index (χ2n) is 11.6. The highest BCUT2D eigenvalue weighted by molar-refractivity contribution is 7.09. The van der Waals surface area contributed by atoms with E-state index in [9.17, 15) is 14.7 Å². The van der Waals surface area contributed by atoms with Crippen molar-refractivity contribution in [3.63, 3.8) is 0 Å². The molecule has 0 saturated heterocycles. The smallest absolute Gasteiger partial charge is 0.303 e. The van der Waals surface area contributed by atoms with Gasteiger partial charge in [-0.3, -0.25) is 9.59 Å². The van der Waals surface area contributed by atoms with Crippen LogP contribution in [0.2, 0.25) is 0 Å². The minimum absolute atomic E-state index is 0.00792. The summed E-state index contributed by atoms with van der Waals surface area (Å²) in [5.41, 5.74) is 2.43. The number of aliphatic hydroxyl groups is 1. The van der Waals surface area contributed by atoms with Gasteiger partial charge in [-0.15, -0.1) is 11.3 Å². The second kappa shape index (κ2) is 14.2. The normalized spacial score (nSPS) is 18.3. The lowest BCUT2D eigenvalue weighted by Gasteiger charge is -2.35. The lowest BCUT2D eigenvalue weighted by atomic mass is 9.67. The van der Waals surface area contributed by atoms with E-state index in [2.05, 4.69) is 31.8 Å². The molecule has 0 saturated carbocycles. The number of carbonyl (C=O) groups excluding carboxylic acids is 1. The molecule has 204 valence electrons. The third kappa shape index (κ3) is 9.59. The molecule has 0 aliphatic carbocycles. The van der Waals surface area contributed by atoms with Gasteiger partial charge in [0.25, 0.3) is 0 Å². The van der Waals surface area contributed by atoms with Crippen molar-refractivity contribution in [2.45, 2.75) is 101 Å². The zero-order valence-corrected chi connectivity index (χ0v) is 24.9. The minimum atomic E-state index is -0.858. The van der Waals surface area contributed by atoms with Crippen LogP contribution in [-0.4, -0.2) is 33.1 Å². The third-order valence-corrected chi connectivity index (χ3v) is 8.99. The van der Waals surface area contributed by atoms with Gasteiger partial charge in [0.05, 0.1) is 16.8 Å². The molecule has 5 nitrogen and oxygen atoms in total. The molecular formula is C30H49NO4S. The number of carboxylic acids is 1. The molecule has 0 radical (unpaired) electrons. The van der Waals surface area contributed by atoms with Gasteiger partial charge in [-0.2, -0.15) is 0 Å². The fraction of sp³-hybridized carbons (Fsp3) is 0.700. The number of carbonyl (C=O) groups is 2. The topological polar surface area (TPSA) is 87.5 Å². The molecule has 6 atom stereocenters. The molecule has 0 aliphatic rings. The predicted molar refractivity (Wildman–Crippen MR) is 151 cm³/mol. The Morgan fingerprint density at radius 3 is 2.28 bits per heavy atom. The molecule has 6 heteroatoms. The van der Waals surface area contributed by atoms with Crippen LogP contribution in [0.5, 0.6) is 0 Å². The van der Waals surface area contributed by atoms with E-state index >= 15 is 0 Å². The van der Waals surface area contributed by atoms with E-state index in [1.165, 1.54) is 5.57 Å². The third-order valence-electron chi connectivity index (χ3n) is 8.20. The number of ketones is 1. The van der Waals surface area contributed by atoms with Gasteiger partial charge in [0.15, 0.2) is 0 Å². The molecule has 1 heterocycles. The van der Waals surface area contributed by atoms with Crippen LogP contribution >= 0.6 is 11.3 Å². The van der Waals surface area contributed by atoms with Crippen molar-refractivity contribution in [1.82, 2.24) is 4.98 Å². The molecule has 0 aliphatic heterocycles. The van der Waals surface area contributed by atoms with Crippen LogP contribution in [0, 0.1) is 41.9 Å². The molecule has 6 unspecified atom stereocenters. The van der Waals surface area contributed by atoms with E-state index in [0.29, 0.717) is 5.92 Å². The summed E-state index contributed by atoms with van der Waals surface area (Å²) in [6.07, 6.45) is 6.61. The molecule has 0 bridgehead atoms. The Bertz CT molecular complexity index is 929. The van der Waals surface area contributed by atoms with E-state index in [-0.39, 0.29) is 35.9 Å². The molecule has 0 spiro atoms. The van der Waals surface area contributed by atoms with E-state index in [1.807, 2.05) is 59.9 Å². The standard InChI is InChI=1S/C30H49NO4S/c1-18(14-20(3)28(34)21(4)15-26-17-36-25(8)31-26)12-11-13-19(2)23(6)24(7)29(35)30(9,10)22(5)16-27(32)33/h14-15,17,19-20,22-24,28,34H,11-13,16H2,1-10H3,(H,32,33)/b18-14+,21-15+. The Hall–Kier alpha value is -1.79. The van der Waals surface area contributed by atoms with Gasteiger partial charge < -0.3 is 10.2 Å². The second-order valence-corrected chi connectivity index (χ2v) is 12.7. The Kier molecular flexibility index (Phi) is 12.7. The zero-order valence-electron chi connectivity index (χ0n) is 24.1. The number of aliphatic hydroxyl groups excluding tert-OH is 1. The first kappa shape index (κ1) is 32.2. The molecule has 0 amide bonds. The molecule has 1 aromatic rings. The van der Waals surface area contributed by atoms with Crippen LogP contribution in [0.4, 0.5) is 0 Å². The molecular weight excluding hydrogens is 470 g/mol. The van der Waals surface area contributed by atoms with Gasteiger partial charge in [0.1, 0.15) is 5.78 Å². The molecule has 2 N–H and O–H groups in total. The predicted octanol–water partition coefficient (Wildman–Crippen LogP) is 7.58. The van der Waals surface area contributed by atoms with Gasteiger partial charge in [-0.1, -0.05) is 66.5 Å². The first-order valence-electron chi connectivity index (χ1n) is 13.3. The van der Waals surface area contributed by atoms with Crippen LogP contribution in [0.25, 0.3) is 6.08 Å². The number of rotatable bonds is 15. The zero-order chi connectivity index (χ0) is 27.8. The first-order valence-corrected chi connectivity index (χ1v) is 14.2. The van der Waals surface area contributed by atoms with E-state index in [1.54, 1.807) is 11.3 Å². The number of allylic oxidation sites excluding steroid dienone is 1. The highest BCUT2D eigenvalue weighted by Gasteiger charge is 2.39. The number of nitrogens with zero attached hydrogens (tertiary/aromatic N) is 1. The Balaban J connectivity index is 2.62. The fourth-order valence-corrected chi connectivity index (χ4v) is 5.42. The van der Waals surface area contributed by atoms with Crippen molar-refractivity contribution >= 4 is 29.2 Å². The fourth-order valence-electron chi connectivity index (χ4n) is 4.85. The Labute approximate surface area is 223 Å². The summed E-state index contributed by atoms with van der Waals surface area (Å²) in [5.74, 6) is -0.395. The number of thiazole rings is 1. The van der Waals surface area contributed by atoms with E-state index in [0.717, 1.165) is 35.5 Å². The number of aliphatic carboxylic acids is 1. The maximum absolute atomic E-state index is 13.2. The largest absolute Gasteiger partial charge is 0.481 e. The highest BCUT2D eigenvalue weighted by Crippen LogP contribution is 2.37. The van der Waals surface area contributed by atoms with Crippen LogP contribution < -0.4 is 0 Å². The van der Waals surface area contributed by atoms with Gasteiger partial charge in [0.2, 0.25) is 0 Å². The number of carboxylic acid groups (broad SMARTS) is 1. The van der Waals surface area contributed by atoms with Gasteiger partial charge in [-0.25, -0.2) is 4.98 Å². The summed E-state index contributed by atoms with van der Waals surface area (Å²) < 4.78 is 0. The average Bonchev–Trinajstić information content (AvgIpc) is 3.20. The van der Waals surface area contributed by atoms with Gasteiger partial charge in [0, 0.05) is 29.1 Å². The molecule has 1 rings (SSSR count). The molecule has 1 aromatic heterocycles. The number of aryl methyl sites for hydroxylation is 1. The average molecular weight is 520 g/mol. The summed E-state index contributed by atoms with van der Waals surface area (Å²) in [7, 11) is 0. The van der Waals surface area contributed by atoms with Crippen LogP contribution in [0.1, 0.15) is 98.7 Å². The lowest BCUT2D eigenvalue weighted by Crippen LogP contribution is -2.39. The highest BCUT2D eigenvalue weighted by atomic mass is 32.1. The minimum Gasteiger partial charge on any atom is -0.481 e. The summed E-state index contributed by atoms with van der Waals surface area (Å²) in [5, 5.41) is 22.9. The van der Waals surface area contributed by atoms with Crippen molar-refractivity contribution in [2.75, 3.05) is 0 Å². The summed E-state index contributed by atoms with van der Waals surface area (Å²) in [6, 6.07) is 0. The number of hydrogen-bond acceptors (Lipinski definition) is 5. The SMILES string of the molecule is C/C(=C\C(C)C(O)/C(C)=C/c1csc(C)n1)CCCC(C)C(C)C(C)C(=O)C(C)(C)C(C)CC(=O)O. The van der Waals surface area contributed by atoms with Crippen LogP contribution in [-0.2, 0) is 9.59 Å². The molecule has 0 aromatic carbocycles. The quantitative estimate of drug-likeness (QED) is 0.233. The lowest BCUT2D eigenvalue weighted by molar-refractivity contribution is -0.141. The van der Waals surface area contributed by atoms with Crippen LogP contribution in [0.15, 0.2) is 22.6 Å². The summed E-state index contributed by atoms with van der Waals surface area (Å²) in [6.45, 7) is 20.1. The van der Waals surface area contributed by atoms with Gasteiger partial charge in [-0.05, 0) is 63.0 Å². The monoisotopic (exact) mass is 519 g/mol. The molecule has 36 heavy (non-hydrogen) atoms. The summed E-state index contributed by atoms with van der Waals surface area (Å²) in [4.78, 5) is 28.8. The summed E-state index contributed by atoms with van der Waals surface area (Å²) >= 11 is 1.61. The van der Waals surface area contributed by atoms with Crippen molar-refractivity contribution in [3.8, 4) is 0 Å².